The van der Waals surface area contributed by atoms with Gasteiger partial charge >= 0.3 is 0 Å². The zero-order chi connectivity index (χ0) is 13.1. The van der Waals surface area contributed by atoms with Gasteiger partial charge < -0.3 is 15.6 Å². The minimum absolute atomic E-state index is 0.158. The van der Waals surface area contributed by atoms with Gasteiger partial charge in [-0.15, -0.1) is 0 Å². The second kappa shape index (κ2) is 4.91. The number of hydrogen-bond acceptors (Lipinski definition) is 2. The molecule has 0 radical (unpaired) electrons. The number of nitrogens with zero attached hydrogens (tertiary/aromatic N) is 1. The minimum Gasteiger partial charge on any atom is -0.398 e. The normalized spacial score (nSPS) is 10.3. The van der Waals surface area contributed by atoms with E-state index in [2.05, 4.69) is 5.32 Å². The Balaban J connectivity index is 2.05. The SMILES string of the molecule is Cn1ccc(CNC(=O)c2cc(F)ccc2N)c1. The Hall–Kier alpha value is -2.30. The molecule has 0 spiro atoms. The van der Waals surface area contributed by atoms with Crippen LogP contribution in [0.4, 0.5) is 10.1 Å². The van der Waals surface area contributed by atoms with Crippen molar-refractivity contribution in [2.24, 2.45) is 7.05 Å². The van der Waals surface area contributed by atoms with E-state index in [1.54, 1.807) is 0 Å². The predicted molar refractivity (Wildman–Crippen MR) is 67.4 cm³/mol. The number of aryl methyl sites for hydroxylation is 1. The maximum Gasteiger partial charge on any atom is 0.253 e. The summed E-state index contributed by atoms with van der Waals surface area (Å²) in [4.78, 5) is 11.8. The molecule has 0 fully saturated rings. The van der Waals surface area contributed by atoms with E-state index in [0.29, 0.717) is 6.54 Å². The number of rotatable bonds is 3. The lowest BCUT2D eigenvalue weighted by Gasteiger charge is -2.06. The van der Waals surface area contributed by atoms with E-state index in [0.717, 1.165) is 11.6 Å². The Morgan fingerprint density at radius 1 is 1.44 bits per heavy atom. The second-order valence-corrected chi connectivity index (χ2v) is 4.10. The molecule has 1 aromatic carbocycles. The van der Waals surface area contributed by atoms with E-state index in [1.165, 1.54) is 12.1 Å². The van der Waals surface area contributed by atoms with Crippen LogP contribution in [0.2, 0.25) is 0 Å². The summed E-state index contributed by atoms with van der Waals surface area (Å²) in [5, 5.41) is 2.70. The summed E-state index contributed by atoms with van der Waals surface area (Å²) < 4.78 is 14.9. The van der Waals surface area contributed by atoms with Gasteiger partial charge in [0.15, 0.2) is 0 Å². The average molecular weight is 247 g/mol. The smallest absolute Gasteiger partial charge is 0.253 e. The largest absolute Gasteiger partial charge is 0.398 e. The van der Waals surface area contributed by atoms with Crippen LogP contribution in [0.3, 0.4) is 0 Å². The highest BCUT2D eigenvalue weighted by Gasteiger charge is 2.10. The molecule has 0 unspecified atom stereocenters. The molecule has 0 aliphatic heterocycles. The molecule has 0 aliphatic rings. The molecular formula is C13H14FN3O. The van der Waals surface area contributed by atoms with Crippen LogP contribution >= 0.6 is 0 Å². The van der Waals surface area contributed by atoms with E-state index in [-0.39, 0.29) is 17.2 Å². The van der Waals surface area contributed by atoms with Gasteiger partial charge in [-0.25, -0.2) is 4.39 Å². The number of nitrogens with one attached hydrogen (secondary N) is 1. The van der Waals surface area contributed by atoms with Crippen LogP contribution in [0.5, 0.6) is 0 Å². The third-order valence-corrected chi connectivity index (χ3v) is 2.61. The standard InChI is InChI=1S/C13H14FN3O/c1-17-5-4-9(8-17)7-16-13(18)11-6-10(14)2-3-12(11)15/h2-6,8H,7,15H2,1H3,(H,16,18). The van der Waals surface area contributed by atoms with Crippen molar-refractivity contribution < 1.29 is 9.18 Å². The Labute approximate surface area is 104 Å². The van der Waals surface area contributed by atoms with E-state index in [4.69, 9.17) is 5.73 Å². The third kappa shape index (κ3) is 2.68. The number of nitrogens with two attached hydrogens (primary N) is 1. The van der Waals surface area contributed by atoms with Crippen LogP contribution < -0.4 is 11.1 Å². The summed E-state index contributed by atoms with van der Waals surface area (Å²) in [7, 11) is 1.90. The highest BCUT2D eigenvalue weighted by atomic mass is 19.1. The Morgan fingerprint density at radius 2 is 2.22 bits per heavy atom. The number of carbonyl (C=O) groups is 1. The summed E-state index contributed by atoms with van der Waals surface area (Å²) in [5.41, 5.74) is 7.03. The van der Waals surface area contributed by atoms with Crippen molar-refractivity contribution in [3.63, 3.8) is 0 Å². The highest BCUT2D eigenvalue weighted by molar-refractivity contribution is 5.99. The molecule has 0 saturated carbocycles. The van der Waals surface area contributed by atoms with E-state index < -0.39 is 5.82 Å². The number of halogens is 1. The minimum atomic E-state index is -0.478. The Morgan fingerprint density at radius 3 is 2.89 bits per heavy atom. The molecule has 2 rings (SSSR count). The number of aromatic nitrogens is 1. The second-order valence-electron chi connectivity index (χ2n) is 4.10. The highest BCUT2D eigenvalue weighted by Crippen LogP contribution is 2.13. The summed E-state index contributed by atoms with van der Waals surface area (Å²) in [6.07, 6.45) is 3.78. The van der Waals surface area contributed by atoms with Crippen molar-refractivity contribution >= 4 is 11.6 Å². The molecular weight excluding hydrogens is 233 g/mol. The molecule has 1 aromatic heterocycles. The Kier molecular flexibility index (Phi) is 3.32. The topological polar surface area (TPSA) is 60.0 Å². The third-order valence-electron chi connectivity index (χ3n) is 2.61. The maximum atomic E-state index is 13.0. The molecule has 1 amide bonds. The van der Waals surface area contributed by atoms with Crippen molar-refractivity contribution in [3.05, 3.63) is 53.6 Å². The van der Waals surface area contributed by atoms with Crippen LogP contribution in [0.25, 0.3) is 0 Å². The molecule has 94 valence electrons. The quantitative estimate of drug-likeness (QED) is 0.811. The van der Waals surface area contributed by atoms with Crippen molar-refractivity contribution in [3.8, 4) is 0 Å². The molecule has 5 heteroatoms. The number of nitrogen functional groups attached to an aromatic ring is 1. The summed E-state index contributed by atoms with van der Waals surface area (Å²) >= 11 is 0. The first-order valence-electron chi connectivity index (χ1n) is 5.50. The molecule has 3 N–H and O–H groups in total. The van der Waals surface area contributed by atoms with Crippen molar-refractivity contribution in [2.45, 2.75) is 6.54 Å². The van der Waals surface area contributed by atoms with Gasteiger partial charge in [-0.05, 0) is 29.8 Å². The first-order valence-corrected chi connectivity index (χ1v) is 5.50. The summed E-state index contributed by atoms with van der Waals surface area (Å²) in [5.74, 6) is -0.857. The summed E-state index contributed by atoms with van der Waals surface area (Å²) in [6.45, 7) is 0.385. The van der Waals surface area contributed by atoms with Crippen LogP contribution in [0.15, 0.2) is 36.7 Å². The van der Waals surface area contributed by atoms with Crippen LogP contribution in [-0.2, 0) is 13.6 Å². The van der Waals surface area contributed by atoms with Gasteiger partial charge in [-0.2, -0.15) is 0 Å². The van der Waals surface area contributed by atoms with Gasteiger partial charge in [0.05, 0.1) is 5.56 Å². The molecule has 0 saturated heterocycles. The molecule has 18 heavy (non-hydrogen) atoms. The van der Waals surface area contributed by atoms with Crippen molar-refractivity contribution in [1.82, 2.24) is 9.88 Å². The molecule has 2 aromatic rings. The van der Waals surface area contributed by atoms with Gasteiger partial charge in [-0.1, -0.05) is 0 Å². The zero-order valence-electron chi connectivity index (χ0n) is 9.98. The predicted octanol–water partition coefficient (Wildman–Crippen LogP) is 1.68. The maximum absolute atomic E-state index is 13.0. The monoisotopic (exact) mass is 247 g/mol. The lowest BCUT2D eigenvalue weighted by Crippen LogP contribution is -2.23. The van der Waals surface area contributed by atoms with E-state index >= 15 is 0 Å². The van der Waals surface area contributed by atoms with Crippen LogP contribution in [0, 0.1) is 5.82 Å². The molecule has 0 aliphatic carbocycles. The summed E-state index contributed by atoms with van der Waals surface area (Å²) in [6, 6.07) is 5.64. The fraction of sp³-hybridized carbons (Fsp3) is 0.154. The van der Waals surface area contributed by atoms with Crippen LogP contribution in [-0.4, -0.2) is 10.5 Å². The Bertz CT molecular complexity index is 577. The van der Waals surface area contributed by atoms with Crippen molar-refractivity contribution in [1.29, 1.82) is 0 Å². The van der Waals surface area contributed by atoms with Crippen LogP contribution in [0.1, 0.15) is 15.9 Å². The van der Waals surface area contributed by atoms with Gasteiger partial charge in [0.2, 0.25) is 0 Å². The van der Waals surface area contributed by atoms with Gasteiger partial charge in [0, 0.05) is 31.7 Å². The number of carbonyl (C=O) groups excluding carboxylic acids is 1. The van der Waals surface area contributed by atoms with E-state index in [1.807, 2.05) is 30.1 Å². The fourth-order valence-electron chi connectivity index (χ4n) is 1.67. The lowest BCUT2D eigenvalue weighted by molar-refractivity contribution is 0.0951. The first-order chi connectivity index (χ1) is 8.56. The lowest BCUT2D eigenvalue weighted by atomic mass is 10.1. The molecule has 0 atom stereocenters. The average Bonchev–Trinajstić information content (AvgIpc) is 2.75. The number of benzene rings is 1. The van der Waals surface area contributed by atoms with E-state index in [9.17, 15) is 9.18 Å². The molecule has 1 heterocycles. The fourth-order valence-corrected chi connectivity index (χ4v) is 1.67. The zero-order valence-corrected chi connectivity index (χ0v) is 9.98. The molecule has 0 bridgehead atoms. The number of hydrogen-bond donors (Lipinski definition) is 2. The number of amides is 1. The van der Waals surface area contributed by atoms with Gasteiger partial charge in [0.1, 0.15) is 5.82 Å². The van der Waals surface area contributed by atoms with Gasteiger partial charge in [0.25, 0.3) is 5.91 Å². The van der Waals surface area contributed by atoms with Gasteiger partial charge in [-0.3, -0.25) is 4.79 Å². The number of anilines is 1. The van der Waals surface area contributed by atoms with Crippen molar-refractivity contribution in [2.75, 3.05) is 5.73 Å². The first kappa shape index (κ1) is 12.2. The molecule has 4 nitrogen and oxygen atoms in total.